The number of benzene rings is 1. The maximum atomic E-state index is 10.3. The van der Waals surface area contributed by atoms with Crippen LogP contribution in [0.2, 0.25) is 0 Å². The molecule has 0 heterocycles. The van der Waals surface area contributed by atoms with Crippen LogP contribution in [0.1, 0.15) is 52.7 Å². The zero-order valence-corrected chi connectivity index (χ0v) is 15.7. The van der Waals surface area contributed by atoms with Crippen molar-refractivity contribution in [3.63, 3.8) is 0 Å². The fourth-order valence-electron chi connectivity index (χ4n) is 2.14. The average Bonchev–Trinajstić information content (AvgIpc) is 2.52. The highest BCUT2D eigenvalue weighted by Gasteiger charge is 2.08. The van der Waals surface area contributed by atoms with Crippen LogP contribution in [-0.4, -0.2) is 36.8 Å². The summed E-state index contributed by atoms with van der Waals surface area (Å²) in [5.74, 6) is 2.21. The zero-order chi connectivity index (χ0) is 17.9. The van der Waals surface area contributed by atoms with Gasteiger partial charge in [0, 0.05) is 13.1 Å². The van der Waals surface area contributed by atoms with Crippen LogP contribution < -0.4 is 15.4 Å². The van der Waals surface area contributed by atoms with E-state index in [4.69, 9.17) is 4.74 Å². The SMILES string of the molecule is CCNC(=NCC(O)c1ccc(OC(C)C)cc1)NCCC(C)C. The molecule has 0 bridgehead atoms. The first-order valence-corrected chi connectivity index (χ1v) is 8.89. The van der Waals surface area contributed by atoms with Crippen molar-refractivity contribution in [3.8, 4) is 5.75 Å². The molecule has 0 radical (unpaired) electrons. The molecule has 1 unspecified atom stereocenters. The minimum atomic E-state index is -0.626. The quantitative estimate of drug-likeness (QED) is 0.479. The number of hydrogen-bond acceptors (Lipinski definition) is 3. The molecule has 1 aromatic rings. The number of ether oxygens (including phenoxy) is 1. The summed E-state index contributed by atoms with van der Waals surface area (Å²) in [4.78, 5) is 4.47. The van der Waals surface area contributed by atoms with Gasteiger partial charge in [-0.15, -0.1) is 0 Å². The van der Waals surface area contributed by atoms with Gasteiger partial charge in [-0.2, -0.15) is 0 Å². The van der Waals surface area contributed by atoms with E-state index < -0.39 is 6.10 Å². The van der Waals surface area contributed by atoms with Crippen molar-refractivity contribution in [1.29, 1.82) is 0 Å². The molecule has 5 heteroatoms. The van der Waals surface area contributed by atoms with E-state index in [2.05, 4.69) is 29.5 Å². The van der Waals surface area contributed by atoms with Crippen molar-refractivity contribution in [2.24, 2.45) is 10.9 Å². The Kier molecular flexibility index (Phi) is 9.23. The summed E-state index contributed by atoms with van der Waals surface area (Å²) >= 11 is 0. The van der Waals surface area contributed by atoms with Crippen LogP contribution >= 0.6 is 0 Å². The molecule has 0 spiro atoms. The molecule has 0 aliphatic rings. The normalized spacial score (nSPS) is 13.2. The second-order valence-electron chi connectivity index (χ2n) is 6.58. The first kappa shape index (κ1) is 20.3. The van der Waals surface area contributed by atoms with Crippen LogP contribution in [0.3, 0.4) is 0 Å². The summed E-state index contributed by atoms with van der Waals surface area (Å²) in [7, 11) is 0. The van der Waals surface area contributed by atoms with Crippen LogP contribution in [0.25, 0.3) is 0 Å². The van der Waals surface area contributed by atoms with Crippen LogP contribution in [-0.2, 0) is 0 Å². The Bertz CT molecular complexity index is 484. The molecule has 5 nitrogen and oxygen atoms in total. The Labute approximate surface area is 146 Å². The van der Waals surface area contributed by atoms with Crippen LogP contribution in [0, 0.1) is 5.92 Å². The standard InChI is InChI=1S/C19H33N3O2/c1-6-20-19(21-12-11-14(2)3)22-13-18(23)16-7-9-17(10-8-16)24-15(4)5/h7-10,14-15,18,23H,6,11-13H2,1-5H3,(H2,20,21,22). The van der Waals surface area contributed by atoms with Gasteiger partial charge in [0.1, 0.15) is 5.75 Å². The van der Waals surface area contributed by atoms with Crippen molar-refractivity contribution >= 4 is 5.96 Å². The molecule has 136 valence electrons. The molecule has 0 saturated carbocycles. The molecule has 0 fully saturated rings. The lowest BCUT2D eigenvalue weighted by molar-refractivity contribution is 0.186. The molecule has 0 aromatic heterocycles. The van der Waals surface area contributed by atoms with E-state index in [0.29, 0.717) is 12.5 Å². The van der Waals surface area contributed by atoms with E-state index in [0.717, 1.165) is 36.8 Å². The molecule has 24 heavy (non-hydrogen) atoms. The van der Waals surface area contributed by atoms with E-state index in [1.165, 1.54) is 0 Å². The Morgan fingerprint density at radius 1 is 1.12 bits per heavy atom. The highest BCUT2D eigenvalue weighted by atomic mass is 16.5. The molecule has 0 aliphatic heterocycles. The number of aliphatic hydroxyl groups is 1. The number of aliphatic imine (C=N–C) groups is 1. The van der Waals surface area contributed by atoms with E-state index in [-0.39, 0.29) is 6.10 Å². The summed E-state index contributed by atoms with van der Waals surface area (Å²) in [5.41, 5.74) is 0.841. The Hall–Kier alpha value is -1.75. The summed E-state index contributed by atoms with van der Waals surface area (Å²) in [6, 6.07) is 7.54. The van der Waals surface area contributed by atoms with Crippen molar-refractivity contribution in [2.75, 3.05) is 19.6 Å². The minimum Gasteiger partial charge on any atom is -0.491 e. The molecule has 1 rings (SSSR count). The lowest BCUT2D eigenvalue weighted by atomic mass is 10.1. The number of rotatable bonds is 9. The molecule has 1 atom stereocenters. The largest absolute Gasteiger partial charge is 0.491 e. The lowest BCUT2D eigenvalue weighted by Crippen LogP contribution is -2.38. The van der Waals surface area contributed by atoms with E-state index >= 15 is 0 Å². The second kappa shape index (κ2) is 10.9. The van der Waals surface area contributed by atoms with Crippen LogP contribution in [0.15, 0.2) is 29.3 Å². The van der Waals surface area contributed by atoms with Gasteiger partial charge in [0.15, 0.2) is 5.96 Å². The average molecular weight is 335 g/mol. The third-order valence-corrected chi connectivity index (χ3v) is 3.42. The maximum Gasteiger partial charge on any atom is 0.191 e. The third kappa shape index (κ3) is 8.20. The van der Waals surface area contributed by atoms with Gasteiger partial charge in [0.2, 0.25) is 0 Å². The molecule has 3 N–H and O–H groups in total. The highest BCUT2D eigenvalue weighted by Crippen LogP contribution is 2.19. The van der Waals surface area contributed by atoms with E-state index in [1.54, 1.807) is 0 Å². The van der Waals surface area contributed by atoms with Crippen molar-refractivity contribution in [2.45, 2.75) is 53.2 Å². The van der Waals surface area contributed by atoms with E-state index in [1.807, 2.05) is 45.0 Å². The monoisotopic (exact) mass is 335 g/mol. The summed E-state index contributed by atoms with van der Waals surface area (Å²) in [6.07, 6.45) is 0.605. The summed E-state index contributed by atoms with van der Waals surface area (Å²) in [5, 5.41) is 16.8. The number of nitrogens with zero attached hydrogens (tertiary/aromatic N) is 1. The second-order valence-corrected chi connectivity index (χ2v) is 6.58. The number of nitrogens with one attached hydrogen (secondary N) is 2. The predicted octanol–water partition coefficient (Wildman–Crippen LogP) is 3.11. The van der Waals surface area contributed by atoms with Crippen molar-refractivity contribution in [1.82, 2.24) is 10.6 Å². The van der Waals surface area contributed by atoms with Gasteiger partial charge in [-0.05, 0) is 50.8 Å². The first-order chi connectivity index (χ1) is 11.4. The lowest BCUT2D eigenvalue weighted by Gasteiger charge is -2.15. The van der Waals surface area contributed by atoms with Gasteiger partial charge in [0.05, 0.1) is 18.8 Å². The van der Waals surface area contributed by atoms with Crippen molar-refractivity contribution < 1.29 is 9.84 Å². The fraction of sp³-hybridized carbons (Fsp3) is 0.632. The van der Waals surface area contributed by atoms with Gasteiger partial charge in [-0.25, -0.2) is 0 Å². The zero-order valence-electron chi connectivity index (χ0n) is 15.7. The Morgan fingerprint density at radius 3 is 2.33 bits per heavy atom. The number of hydrogen-bond donors (Lipinski definition) is 3. The Morgan fingerprint density at radius 2 is 1.79 bits per heavy atom. The van der Waals surface area contributed by atoms with Gasteiger partial charge in [0.25, 0.3) is 0 Å². The summed E-state index contributed by atoms with van der Waals surface area (Å²) in [6.45, 7) is 12.4. The van der Waals surface area contributed by atoms with Crippen molar-refractivity contribution in [3.05, 3.63) is 29.8 Å². The number of guanidine groups is 1. The molecule has 0 aliphatic carbocycles. The van der Waals surface area contributed by atoms with Gasteiger partial charge in [-0.1, -0.05) is 26.0 Å². The van der Waals surface area contributed by atoms with Crippen LogP contribution in [0.4, 0.5) is 0 Å². The third-order valence-electron chi connectivity index (χ3n) is 3.42. The van der Waals surface area contributed by atoms with Gasteiger partial charge in [-0.3, -0.25) is 4.99 Å². The first-order valence-electron chi connectivity index (χ1n) is 8.89. The number of aliphatic hydroxyl groups excluding tert-OH is 1. The van der Waals surface area contributed by atoms with Crippen LogP contribution in [0.5, 0.6) is 5.75 Å². The minimum absolute atomic E-state index is 0.143. The Balaban J connectivity index is 2.57. The molecular formula is C19H33N3O2. The highest BCUT2D eigenvalue weighted by molar-refractivity contribution is 5.79. The topological polar surface area (TPSA) is 65.9 Å². The smallest absolute Gasteiger partial charge is 0.191 e. The van der Waals surface area contributed by atoms with E-state index in [9.17, 15) is 5.11 Å². The predicted molar refractivity (Wildman–Crippen MR) is 101 cm³/mol. The maximum absolute atomic E-state index is 10.3. The summed E-state index contributed by atoms with van der Waals surface area (Å²) < 4.78 is 5.61. The van der Waals surface area contributed by atoms with Gasteiger partial charge >= 0.3 is 0 Å². The molecule has 0 amide bonds. The fourth-order valence-corrected chi connectivity index (χ4v) is 2.14. The molecule has 0 saturated heterocycles. The van der Waals surface area contributed by atoms with Gasteiger partial charge < -0.3 is 20.5 Å². The molecule has 1 aromatic carbocycles. The molecular weight excluding hydrogens is 302 g/mol.